The zero-order valence-corrected chi connectivity index (χ0v) is 20.5. The summed E-state index contributed by atoms with van der Waals surface area (Å²) in [6.07, 6.45) is 3.80. The molecule has 0 aliphatic carbocycles. The maximum atomic E-state index is 10.4. The SMILES string of the molecule is COC(=O)CCC(=O)OC.Nc1ncnc2c1c(-c1ccccc1)cn2Cc1ccc(Br)cc1. The lowest BCUT2D eigenvalue weighted by molar-refractivity contribution is -0.147. The largest absolute Gasteiger partial charge is 0.469 e. The van der Waals surface area contributed by atoms with E-state index in [1.54, 1.807) is 0 Å². The molecule has 2 aromatic carbocycles. The summed E-state index contributed by atoms with van der Waals surface area (Å²) in [5, 5.41) is 0.904. The van der Waals surface area contributed by atoms with Crippen LogP contribution in [-0.4, -0.2) is 40.7 Å². The van der Waals surface area contributed by atoms with Gasteiger partial charge in [-0.1, -0.05) is 58.4 Å². The smallest absolute Gasteiger partial charge is 0.306 e. The molecule has 2 N–H and O–H groups in total. The molecule has 0 amide bonds. The molecular formula is C25H25BrN4O4. The van der Waals surface area contributed by atoms with E-state index in [0.29, 0.717) is 5.82 Å². The van der Waals surface area contributed by atoms with Crippen molar-refractivity contribution in [3.8, 4) is 11.1 Å². The van der Waals surface area contributed by atoms with Crippen molar-refractivity contribution in [2.75, 3.05) is 20.0 Å². The minimum atomic E-state index is -0.398. The zero-order chi connectivity index (χ0) is 24.5. The molecule has 9 heteroatoms. The van der Waals surface area contributed by atoms with Crippen molar-refractivity contribution < 1.29 is 19.1 Å². The highest BCUT2D eigenvalue weighted by atomic mass is 79.9. The number of hydrogen-bond donors (Lipinski definition) is 1. The molecule has 4 rings (SSSR count). The Labute approximate surface area is 205 Å². The highest BCUT2D eigenvalue weighted by molar-refractivity contribution is 9.10. The minimum absolute atomic E-state index is 0.0865. The number of esters is 2. The van der Waals surface area contributed by atoms with Gasteiger partial charge in [-0.3, -0.25) is 9.59 Å². The maximum Gasteiger partial charge on any atom is 0.306 e. The third-order valence-electron chi connectivity index (χ3n) is 5.02. The van der Waals surface area contributed by atoms with Gasteiger partial charge in [0, 0.05) is 22.8 Å². The first kappa shape index (κ1) is 24.9. The third-order valence-corrected chi connectivity index (χ3v) is 5.55. The van der Waals surface area contributed by atoms with Crippen LogP contribution in [0.3, 0.4) is 0 Å². The number of benzene rings is 2. The fourth-order valence-electron chi connectivity index (χ4n) is 3.30. The van der Waals surface area contributed by atoms with E-state index in [1.165, 1.54) is 26.1 Å². The van der Waals surface area contributed by atoms with Gasteiger partial charge in [0.05, 0.1) is 32.4 Å². The second-order valence-electron chi connectivity index (χ2n) is 7.27. The van der Waals surface area contributed by atoms with E-state index < -0.39 is 11.9 Å². The summed E-state index contributed by atoms with van der Waals surface area (Å²) >= 11 is 3.47. The molecule has 4 aromatic rings. The highest BCUT2D eigenvalue weighted by Gasteiger charge is 2.15. The van der Waals surface area contributed by atoms with Crippen LogP contribution in [0.4, 0.5) is 5.82 Å². The molecular weight excluding hydrogens is 500 g/mol. The first-order chi connectivity index (χ1) is 16.4. The van der Waals surface area contributed by atoms with Gasteiger partial charge in [0.2, 0.25) is 0 Å². The fourth-order valence-corrected chi connectivity index (χ4v) is 3.56. The van der Waals surface area contributed by atoms with Gasteiger partial charge in [-0.05, 0) is 23.3 Å². The molecule has 0 spiro atoms. The van der Waals surface area contributed by atoms with Crippen molar-refractivity contribution in [3.05, 3.63) is 77.2 Å². The van der Waals surface area contributed by atoms with E-state index >= 15 is 0 Å². The van der Waals surface area contributed by atoms with E-state index in [2.05, 4.69) is 70.4 Å². The Morgan fingerprint density at radius 2 is 1.56 bits per heavy atom. The van der Waals surface area contributed by atoms with Crippen LogP contribution in [-0.2, 0) is 25.6 Å². The standard InChI is InChI=1S/C19H15BrN4.C6H10O4/c20-15-8-6-13(7-9-15)10-24-11-16(14-4-2-1-3-5-14)17-18(21)22-12-23-19(17)24;1-9-5(7)3-4-6(8)10-2/h1-9,11-12H,10H2,(H2,21,22,23);3-4H2,1-2H3. The summed E-state index contributed by atoms with van der Waals surface area (Å²) in [7, 11) is 2.55. The molecule has 0 saturated carbocycles. The van der Waals surface area contributed by atoms with E-state index in [1.807, 2.05) is 30.3 Å². The van der Waals surface area contributed by atoms with Crippen molar-refractivity contribution in [1.82, 2.24) is 14.5 Å². The summed E-state index contributed by atoms with van der Waals surface area (Å²) < 4.78 is 11.8. The molecule has 0 bridgehead atoms. The first-order valence-corrected chi connectivity index (χ1v) is 11.2. The van der Waals surface area contributed by atoms with Crippen LogP contribution in [0.25, 0.3) is 22.2 Å². The lowest BCUT2D eigenvalue weighted by atomic mass is 10.1. The summed E-state index contributed by atoms with van der Waals surface area (Å²) in [5.41, 5.74) is 10.4. The van der Waals surface area contributed by atoms with Gasteiger partial charge in [-0.25, -0.2) is 9.97 Å². The molecule has 0 atom stereocenters. The Hall–Kier alpha value is -3.72. The Balaban J connectivity index is 0.000000277. The summed E-state index contributed by atoms with van der Waals surface area (Å²) in [4.78, 5) is 29.4. The lowest BCUT2D eigenvalue weighted by Gasteiger charge is -2.05. The topological polar surface area (TPSA) is 109 Å². The van der Waals surface area contributed by atoms with Crippen LogP contribution >= 0.6 is 15.9 Å². The zero-order valence-electron chi connectivity index (χ0n) is 18.9. The Bertz CT molecular complexity index is 1240. The molecule has 0 radical (unpaired) electrons. The average molecular weight is 525 g/mol. The number of carbonyl (C=O) groups is 2. The van der Waals surface area contributed by atoms with Crippen LogP contribution in [0.15, 0.2) is 71.6 Å². The van der Waals surface area contributed by atoms with Crippen molar-refractivity contribution in [1.29, 1.82) is 0 Å². The van der Waals surface area contributed by atoms with E-state index in [0.717, 1.165) is 33.2 Å². The maximum absolute atomic E-state index is 10.4. The van der Waals surface area contributed by atoms with Crippen LogP contribution in [0.2, 0.25) is 0 Å². The number of fused-ring (bicyclic) bond motifs is 1. The van der Waals surface area contributed by atoms with Gasteiger partial charge >= 0.3 is 11.9 Å². The first-order valence-electron chi connectivity index (χ1n) is 10.5. The Morgan fingerprint density at radius 3 is 2.15 bits per heavy atom. The van der Waals surface area contributed by atoms with Crippen LogP contribution in [0, 0.1) is 0 Å². The van der Waals surface area contributed by atoms with Crippen molar-refractivity contribution in [2.24, 2.45) is 0 Å². The number of nitrogen functional groups attached to an aromatic ring is 1. The highest BCUT2D eigenvalue weighted by Crippen LogP contribution is 2.32. The van der Waals surface area contributed by atoms with Crippen LogP contribution < -0.4 is 5.73 Å². The second kappa shape index (κ2) is 11.9. The number of nitrogens with two attached hydrogens (primary N) is 1. The number of halogens is 1. The number of anilines is 1. The fraction of sp³-hybridized carbons (Fsp3) is 0.200. The molecule has 8 nitrogen and oxygen atoms in total. The van der Waals surface area contributed by atoms with Crippen LogP contribution in [0.5, 0.6) is 0 Å². The number of rotatable bonds is 6. The predicted molar refractivity (Wildman–Crippen MR) is 134 cm³/mol. The van der Waals surface area contributed by atoms with E-state index in [-0.39, 0.29) is 12.8 Å². The van der Waals surface area contributed by atoms with Crippen molar-refractivity contribution in [3.63, 3.8) is 0 Å². The van der Waals surface area contributed by atoms with Crippen LogP contribution in [0.1, 0.15) is 18.4 Å². The third kappa shape index (κ3) is 6.41. The van der Waals surface area contributed by atoms with E-state index in [9.17, 15) is 9.59 Å². The molecule has 0 unspecified atom stereocenters. The normalized spacial score (nSPS) is 10.3. The molecule has 34 heavy (non-hydrogen) atoms. The molecule has 0 saturated heterocycles. The molecule has 176 valence electrons. The van der Waals surface area contributed by atoms with Crippen molar-refractivity contribution >= 4 is 44.7 Å². The molecule has 0 aliphatic heterocycles. The van der Waals surface area contributed by atoms with Gasteiger partial charge in [-0.2, -0.15) is 0 Å². The monoisotopic (exact) mass is 524 g/mol. The summed E-state index contributed by atoms with van der Waals surface area (Å²) in [6, 6.07) is 18.5. The second-order valence-corrected chi connectivity index (χ2v) is 8.19. The summed E-state index contributed by atoms with van der Waals surface area (Å²) in [6.45, 7) is 0.729. The lowest BCUT2D eigenvalue weighted by Crippen LogP contribution is -2.06. The van der Waals surface area contributed by atoms with Gasteiger partial charge < -0.3 is 19.8 Å². The van der Waals surface area contributed by atoms with E-state index in [4.69, 9.17) is 5.73 Å². The quantitative estimate of drug-likeness (QED) is 0.367. The van der Waals surface area contributed by atoms with Crippen molar-refractivity contribution in [2.45, 2.75) is 19.4 Å². The molecule has 0 aliphatic rings. The minimum Gasteiger partial charge on any atom is -0.469 e. The van der Waals surface area contributed by atoms with Gasteiger partial charge in [-0.15, -0.1) is 0 Å². The molecule has 2 heterocycles. The number of hydrogen-bond acceptors (Lipinski definition) is 7. The Kier molecular flexibility index (Phi) is 8.75. The average Bonchev–Trinajstić information content (AvgIpc) is 3.24. The van der Waals surface area contributed by atoms with Gasteiger partial charge in [0.15, 0.2) is 0 Å². The number of aromatic nitrogens is 3. The number of carbonyl (C=O) groups excluding carboxylic acids is 2. The van der Waals surface area contributed by atoms with Gasteiger partial charge in [0.25, 0.3) is 0 Å². The Morgan fingerprint density at radius 1 is 0.941 bits per heavy atom. The molecule has 2 aromatic heterocycles. The summed E-state index contributed by atoms with van der Waals surface area (Å²) in [5.74, 6) is -0.288. The van der Waals surface area contributed by atoms with Gasteiger partial charge in [0.1, 0.15) is 17.8 Å². The number of methoxy groups -OCH3 is 2. The molecule has 0 fully saturated rings. The predicted octanol–water partition coefficient (Wildman–Crippen LogP) is 4.60. The number of ether oxygens (including phenoxy) is 2. The number of nitrogens with zero attached hydrogens (tertiary/aromatic N) is 3.